The van der Waals surface area contributed by atoms with Gasteiger partial charge in [-0.1, -0.05) is 44.4 Å². The van der Waals surface area contributed by atoms with E-state index in [1.54, 1.807) is 37.4 Å². The lowest BCUT2D eigenvalue weighted by atomic mass is 9.74. The molecule has 1 N–H and O–H groups in total. The summed E-state index contributed by atoms with van der Waals surface area (Å²) in [5.74, 6) is 0.172. The highest BCUT2D eigenvalue weighted by Gasteiger charge is 2.46. The number of nitrogens with zero attached hydrogens (tertiary/aromatic N) is 1. The van der Waals surface area contributed by atoms with Crippen molar-refractivity contribution >= 4 is 15.9 Å². The van der Waals surface area contributed by atoms with Crippen LogP contribution in [-0.4, -0.2) is 51.6 Å². The van der Waals surface area contributed by atoms with E-state index < -0.39 is 15.6 Å². The topological polar surface area (TPSA) is 75.7 Å². The van der Waals surface area contributed by atoms with E-state index in [-0.39, 0.29) is 16.2 Å². The van der Waals surface area contributed by atoms with Gasteiger partial charge in [0.15, 0.2) is 0 Å². The lowest BCUT2D eigenvalue weighted by Gasteiger charge is -2.37. The first-order valence-electron chi connectivity index (χ1n) is 10.2. The lowest BCUT2D eigenvalue weighted by Crippen LogP contribution is -2.52. The summed E-state index contributed by atoms with van der Waals surface area (Å²) in [6.07, 6.45) is 6.35. The minimum atomic E-state index is -3.67. The average Bonchev–Trinajstić information content (AvgIpc) is 3.10. The molecule has 0 bridgehead atoms. The normalized spacial score (nSPS) is 25.0. The van der Waals surface area contributed by atoms with E-state index in [2.05, 4.69) is 11.6 Å². The average molecular weight is 409 g/mol. The summed E-state index contributed by atoms with van der Waals surface area (Å²) in [5, 5.41) is 0. The van der Waals surface area contributed by atoms with Crippen LogP contribution in [0.15, 0.2) is 35.2 Å². The van der Waals surface area contributed by atoms with Gasteiger partial charge in [0, 0.05) is 32.2 Å². The second-order valence-electron chi connectivity index (χ2n) is 8.54. The van der Waals surface area contributed by atoms with Crippen LogP contribution >= 0.6 is 0 Å². The molecule has 1 saturated heterocycles. The first-order valence-corrected chi connectivity index (χ1v) is 11.7. The fraction of sp³-hybridized carbons (Fsp3) is 0.667. The quantitative estimate of drug-likeness (QED) is 0.753. The Hall–Kier alpha value is -1.44. The molecule has 1 aromatic carbocycles. The second kappa shape index (κ2) is 8.51. The summed E-state index contributed by atoms with van der Waals surface area (Å²) in [5.41, 5.74) is -1.00. The van der Waals surface area contributed by atoms with Crippen LogP contribution < -0.4 is 4.72 Å². The van der Waals surface area contributed by atoms with Gasteiger partial charge in [0.25, 0.3) is 0 Å². The highest BCUT2D eigenvalue weighted by Crippen LogP contribution is 2.39. The Labute approximate surface area is 168 Å². The van der Waals surface area contributed by atoms with Crippen molar-refractivity contribution in [2.45, 2.75) is 62.3 Å². The van der Waals surface area contributed by atoms with Gasteiger partial charge < -0.3 is 9.64 Å². The summed E-state index contributed by atoms with van der Waals surface area (Å²) < 4.78 is 34.0. The summed E-state index contributed by atoms with van der Waals surface area (Å²) in [6, 6.07) is 8.40. The van der Waals surface area contributed by atoms with Crippen LogP contribution in [0.2, 0.25) is 0 Å². The third-order valence-corrected chi connectivity index (χ3v) is 7.90. The molecule has 2 aliphatic rings. The molecule has 1 aliphatic carbocycles. The number of ether oxygens (including phenoxy) is 1. The molecule has 1 saturated carbocycles. The van der Waals surface area contributed by atoms with Gasteiger partial charge in [-0.15, -0.1) is 0 Å². The highest BCUT2D eigenvalue weighted by atomic mass is 32.2. The maximum Gasteiger partial charge on any atom is 0.241 e. The number of sulfonamides is 1. The smallest absolute Gasteiger partial charge is 0.241 e. The van der Waals surface area contributed by atoms with Crippen LogP contribution in [-0.2, 0) is 19.6 Å². The van der Waals surface area contributed by atoms with Crippen molar-refractivity contribution in [3.63, 3.8) is 0 Å². The fourth-order valence-electron chi connectivity index (χ4n) is 4.55. The maximum absolute atomic E-state index is 13.2. The first-order chi connectivity index (χ1) is 13.3. The number of likely N-dealkylation sites (tertiary alicyclic amines) is 1. The largest absolute Gasteiger partial charge is 0.385 e. The standard InChI is InChI=1S/C21H32N2O4S/c1-20(11-7-4-8-12-20)19(24)23-15-13-21(17-23,14-16-27-2)22-28(25,26)18-9-5-3-6-10-18/h3,5-6,9-10,22H,4,7-8,11-17H2,1-2H3. The molecule has 28 heavy (non-hydrogen) atoms. The fourth-order valence-corrected chi connectivity index (χ4v) is 6.02. The van der Waals surface area contributed by atoms with Crippen molar-refractivity contribution in [3.05, 3.63) is 30.3 Å². The third kappa shape index (κ3) is 4.58. The Balaban J connectivity index is 1.78. The number of amides is 1. The van der Waals surface area contributed by atoms with Gasteiger partial charge >= 0.3 is 0 Å². The third-order valence-electron chi connectivity index (χ3n) is 6.30. The summed E-state index contributed by atoms with van der Waals surface area (Å²) in [6.45, 7) is 3.49. The van der Waals surface area contributed by atoms with Gasteiger partial charge in [-0.05, 0) is 37.8 Å². The van der Waals surface area contributed by atoms with E-state index >= 15 is 0 Å². The van der Waals surface area contributed by atoms with Gasteiger partial charge in [-0.25, -0.2) is 13.1 Å². The minimum absolute atomic E-state index is 0.172. The van der Waals surface area contributed by atoms with Crippen LogP contribution in [0.4, 0.5) is 0 Å². The molecular weight excluding hydrogens is 376 g/mol. The molecule has 1 atom stereocenters. The lowest BCUT2D eigenvalue weighted by molar-refractivity contribution is -0.142. The van der Waals surface area contributed by atoms with E-state index in [9.17, 15) is 13.2 Å². The monoisotopic (exact) mass is 408 g/mol. The number of hydrogen-bond donors (Lipinski definition) is 1. The number of benzene rings is 1. The molecule has 156 valence electrons. The number of methoxy groups -OCH3 is 1. The van der Waals surface area contributed by atoms with E-state index in [0.29, 0.717) is 32.5 Å². The summed E-state index contributed by atoms with van der Waals surface area (Å²) in [7, 11) is -2.05. The molecule has 3 rings (SSSR count). The molecule has 6 nitrogen and oxygen atoms in total. The zero-order valence-corrected chi connectivity index (χ0v) is 17.8. The number of carbonyl (C=O) groups is 1. The van der Waals surface area contributed by atoms with Gasteiger partial charge in [-0.2, -0.15) is 0 Å². The Kier molecular flexibility index (Phi) is 6.47. The molecule has 0 spiro atoms. The molecule has 2 fully saturated rings. The van der Waals surface area contributed by atoms with Crippen molar-refractivity contribution in [3.8, 4) is 0 Å². The molecule has 0 aromatic heterocycles. The van der Waals surface area contributed by atoms with Crippen LogP contribution in [0, 0.1) is 5.41 Å². The van der Waals surface area contributed by atoms with E-state index in [4.69, 9.17) is 4.74 Å². The van der Waals surface area contributed by atoms with E-state index in [1.807, 2.05) is 4.90 Å². The van der Waals surface area contributed by atoms with Crippen molar-refractivity contribution in [2.24, 2.45) is 5.41 Å². The summed E-state index contributed by atoms with van der Waals surface area (Å²) >= 11 is 0. The van der Waals surface area contributed by atoms with Crippen LogP contribution in [0.25, 0.3) is 0 Å². The van der Waals surface area contributed by atoms with Gasteiger partial charge in [0.2, 0.25) is 15.9 Å². The van der Waals surface area contributed by atoms with Gasteiger partial charge in [0.05, 0.1) is 10.4 Å². The number of carbonyl (C=O) groups excluding carboxylic acids is 1. The molecule has 1 aliphatic heterocycles. The van der Waals surface area contributed by atoms with Crippen LogP contribution in [0.5, 0.6) is 0 Å². The molecule has 1 amide bonds. The van der Waals surface area contributed by atoms with Crippen molar-refractivity contribution in [2.75, 3.05) is 26.8 Å². The highest BCUT2D eigenvalue weighted by molar-refractivity contribution is 7.89. The Morgan fingerprint density at radius 2 is 1.82 bits per heavy atom. The molecule has 0 radical (unpaired) electrons. The van der Waals surface area contributed by atoms with Crippen LogP contribution in [0.1, 0.15) is 51.9 Å². The van der Waals surface area contributed by atoms with Crippen molar-refractivity contribution in [1.82, 2.24) is 9.62 Å². The Bertz CT molecular complexity index is 775. The van der Waals surface area contributed by atoms with E-state index in [0.717, 1.165) is 25.7 Å². The Morgan fingerprint density at radius 3 is 2.46 bits per heavy atom. The van der Waals surface area contributed by atoms with E-state index in [1.165, 1.54) is 6.42 Å². The Morgan fingerprint density at radius 1 is 1.14 bits per heavy atom. The molecule has 1 heterocycles. The molecule has 1 unspecified atom stereocenters. The zero-order valence-electron chi connectivity index (χ0n) is 16.9. The van der Waals surface area contributed by atoms with Gasteiger partial charge in [-0.3, -0.25) is 4.79 Å². The zero-order chi connectivity index (χ0) is 20.3. The second-order valence-corrected chi connectivity index (χ2v) is 10.2. The van der Waals surface area contributed by atoms with Gasteiger partial charge in [0.1, 0.15) is 0 Å². The number of hydrogen-bond acceptors (Lipinski definition) is 4. The van der Waals surface area contributed by atoms with Crippen LogP contribution in [0.3, 0.4) is 0 Å². The number of nitrogens with one attached hydrogen (secondary N) is 1. The summed E-state index contributed by atoms with van der Waals surface area (Å²) in [4.78, 5) is 15.4. The molecule has 7 heteroatoms. The molecule has 1 aromatic rings. The predicted octanol–water partition coefficient (Wildman–Crippen LogP) is 2.94. The predicted molar refractivity (Wildman–Crippen MR) is 108 cm³/mol. The number of rotatable bonds is 7. The first kappa shape index (κ1) is 21.3. The minimum Gasteiger partial charge on any atom is -0.385 e. The van der Waals surface area contributed by atoms with Crippen molar-refractivity contribution in [1.29, 1.82) is 0 Å². The SMILES string of the molecule is COCCC1(NS(=O)(=O)c2ccccc2)CCN(C(=O)C2(C)CCCCC2)C1. The molecular formula is C21H32N2O4S. The maximum atomic E-state index is 13.2. The van der Waals surface area contributed by atoms with Crippen molar-refractivity contribution < 1.29 is 17.9 Å².